The largest absolute Gasteiger partial charge is 0.310 e. The summed E-state index contributed by atoms with van der Waals surface area (Å²) in [6.07, 6.45) is 3.91. The molecule has 0 aromatic heterocycles. The zero-order valence-corrected chi connectivity index (χ0v) is 11.0. The molecule has 0 aliphatic heterocycles. The van der Waals surface area contributed by atoms with E-state index in [1.54, 1.807) is 6.07 Å². The van der Waals surface area contributed by atoms with Crippen molar-refractivity contribution in [1.82, 2.24) is 5.32 Å². The lowest BCUT2D eigenvalue weighted by Crippen LogP contribution is -2.25. The highest BCUT2D eigenvalue weighted by Crippen LogP contribution is 2.25. The highest BCUT2D eigenvalue weighted by atomic mass is 35.5. The van der Waals surface area contributed by atoms with Gasteiger partial charge in [-0.05, 0) is 48.9 Å². The summed E-state index contributed by atoms with van der Waals surface area (Å²) in [7, 11) is 0. The lowest BCUT2D eigenvalue weighted by molar-refractivity contribution is 0.502. The third kappa shape index (κ3) is 3.38. The Labute approximate surface area is 107 Å². The van der Waals surface area contributed by atoms with Gasteiger partial charge >= 0.3 is 0 Å². The van der Waals surface area contributed by atoms with Crippen molar-refractivity contribution < 1.29 is 0 Å². The van der Waals surface area contributed by atoms with Crippen molar-refractivity contribution in [3.63, 3.8) is 0 Å². The highest BCUT2D eigenvalue weighted by Gasteiger charge is 2.20. The minimum absolute atomic E-state index is 0.660. The van der Waals surface area contributed by atoms with Gasteiger partial charge < -0.3 is 5.32 Å². The molecule has 1 fully saturated rings. The first-order valence-electron chi connectivity index (χ1n) is 5.82. The Balaban J connectivity index is 1.89. The van der Waals surface area contributed by atoms with Crippen LogP contribution in [0.15, 0.2) is 18.2 Å². The fourth-order valence-electron chi connectivity index (χ4n) is 2.37. The van der Waals surface area contributed by atoms with Crippen LogP contribution in [-0.2, 0) is 6.54 Å². The Bertz CT molecular complexity index is 345. The standard InChI is InChI=1S/C13H17Cl2N/c1-9-2-3-13(4-9)16-8-10-5-11(14)7-12(15)6-10/h5-7,9,13,16H,2-4,8H2,1H3. The Morgan fingerprint density at radius 3 is 2.44 bits per heavy atom. The van der Waals surface area contributed by atoms with Gasteiger partial charge in [-0.15, -0.1) is 0 Å². The van der Waals surface area contributed by atoms with E-state index in [2.05, 4.69) is 12.2 Å². The number of nitrogens with one attached hydrogen (secondary N) is 1. The summed E-state index contributed by atoms with van der Waals surface area (Å²) < 4.78 is 0. The second kappa shape index (κ2) is 5.39. The monoisotopic (exact) mass is 257 g/mol. The molecule has 0 spiro atoms. The van der Waals surface area contributed by atoms with Crippen molar-refractivity contribution in [3.05, 3.63) is 33.8 Å². The quantitative estimate of drug-likeness (QED) is 0.853. The van der Waals surface area contributed by atoms with Crippen LogP contribution in [0.1, 0.15) is 31.7 Å². The van der Waals surface area contributed by atoms with Crippen molar-refractivity contribution >= 4 is 23.2 Å². The molecule has 88 valence electrons. The molecule has 0 saturated heterocycles. The lowest BCUT2D eigenvalue weighted by Gasteiger charge is -2.12. The number of hydrogen-bond donors (Lipinski definition) is 1. The molecule has 2 unspecified atom stereocenters. The van der Waals surface area contributed by atoms with Crippen molar-refractivity contribution in [2.45, 2.75) is 38.8 Å². The Hall–Kier alpha value is -0.240. The average Bonchev–Trinajstić information content (AvgIpc) is 2.60. The van der Waals surface area contributed by atoms with Crippen LogP contribution >= 0.6 is 23.2 Å². The highest BCUT2D eigenvalue weighted by molar-refractivity contribution is 6.34. The summed E-state index contributed by atoms with van der Waals surface area (Å²) in [5, 5.41) is 4.99. The first-order chi connectivity index (χ1) is 7.63. The average molecular weight is 258 g/mol. The second-order valence-corrected chi connectivity index (χ2v) is 5.65. The summed E-state index contributed by atoms with van der Waals surface area (Å²) in [6, 6.07) is 6.37. The molecule has 0 bridgehead atoms. The maximum absolute atomic E-state index is 5.96. The molecule has 0 radical (unpaired) electrons. The van der Waals surface area contributed by atoms with Gasteiger partial charge in [-0.25, -0.2) is 0 Å². The van der Waals surface area contributed by atoms with E-state index in [4.69, 9.17) is 23.2 Å². The predicted octanol–water partition coefficient (Wildman–Crippen LogP) is 4.27. The van der Waals surface area contributed by atoms with E-state index in [1.807, 2.05) is 12.1 Å². The lowest BCUT2D eigenvalue weighted by atomic mass is 10.1. The van der Waals surface area contributed by atoms with Crippen LogP contribution in [-0.4, -0.2) is 6.04 Å². The summed E-state index contributed by atoms with van der Waals surface area (Å²) in [6.45, 7) is 3.18. The fraction of sp³-hybridized carbons (Fsp3) is 0.538. The molecule has 1 N–H and O–H groups in total. The molecule has 0 amide bonds. The molecule has 2 atom stereocenters. The fourth-order valence-corrected chi connectivity index (χ4v) is 2.94. The Kier molecular flexibility index (Phi) is 4.12. The second-order valence-electron chi connectivity index (χ2n) is 4.77. The van der Waals surface area contributed by atoms with Crippen LogP contribution in [0.5, 0.6) is 0 Å². The SMILES string of the molecule is CC1CCC(NCc2cc(Cl)cc(Cl)c2)C1. The zero-order valence-electron chi connectivity index (χ0n) is 9.47. The van der Waals surface area contributed by atoms with Crippen LogP contribution in [0, 0.1) is 5.92 Å². The summed E-state index contributed by atoms with van der Waals surface area (Å²) >= 11 is 11.9. The van der Waals surface area contributed by atoms with E-state index in [0.29, 0.717) is 16.1 Å². The molecular formula is C13H17Cl2N. The first-order valence-corrected chi connectivity index (χ1v) is 6.57. The van der Waals surface area contributed by atoms with Gasteiger partial charge in [0.25, 0.3) is 0 Å². The van der Waals surface area contributed by atoms with Gasteiger partial charge in [-0.2, -0.15) is 0 Å². The van der Waals surface area contributed by atoms with Crippen molar-refractivity contribution in [1.29, 1.82) is 0 Å². The van der Waals surface area contributed by atoms with Crippen molar-refractivity contribution in [2.75, 3.05) is 0 Å². The normalized spacial score (nSPS) is 24.9. The van der Waals surface area contributed by atoms with E-state index in [9.17, 15) is 0 Å². The summed E-state index contributed by atoms with van der Waals surface area (Å²) in [5.41, 5.74) is 1.16. The van der Waals surface area contributed by atoms with Gasteiger partial charge in [-0.3, -0.25) is 0 Å². The van der Waals surface area contributed by atoms with Crippen LogP contribution in [0.25, 0.3) is 0 Å². The molecule has 3 heteroatoms. The van der Waals surface area contributed by atoms with Gasteiger partial charge in [0.05, 0.1) is 0 Å². The molecule has 1 nitrogen and oxygen atoms in total. The Morgan fingerprint density at radius 2 is 1.88 bits per heavy atom. The van der Waals surface area contributed by atoms with E-state index in [1.165, 1.54) is 19.3 Å². The van der Waals surface area contributed by atoms with E-state index in [-0.39, 0.29) is 0 Å². The topological polar surface area (TPSA) is 12.0 Å². The van der Waals surface area contributed by atoms with Gasteiger partial charge in [0.2, 0.25) is 0 Å². The van der Waals surface area contributed by atoms with Crippen LogP contribution in [0.2, 0.25) is 10.0 Å². The summed E-state index contributed by atoms with van der Waals surface area (Å²) in [5.74, 6) is 0.862. The van der Waals surface area contributed by atoms with Crippen LogP contribution in [0.3, 0.4) is 0 Å². The van der Waals surface area contributed by atoms with Crippen molar-refractivity contribution in [3.8, 4) is 0 Å². The van der Waals surface area contributed by atoms with Crippen LogP contribution < -0.4 is 5.32 Å². The number of rotatable bonds is 3. The van der Waals surface area contributed by atoms with Gasteiger partial charge in [0.15, 0.2) is 0 Å². The number of halogens is 2. The molecule has 0 heterocycles. The minimum Gasteiger partial charge on any atom is -0.310 e. The molecule has 16 heavy (non-hydrogen) atoms. The van der Waals surface area contributed by atoms with Gasteiger partial charge in [0, 0.05) is 22.6 Å². The predicted molar refractivity (Wildman–Crippen MR) is 70.1 cm³/mol. The minimum atomic E-state index is 0.660. The number of hydrogen-bond acceptors (Lipinski definition) is 1. The van der Waals surface area contributed by atoms with E-state index < -0.39 is 0 Å². The molecular weight excluding hydrogens is 241 g/mol. The van der Waals surface area contributed by atoms with Gasteiger partial charge in [0.1, 0.15) is 0 Å². The number of benzene rings is 1. The molecule has 2 rings (SSSR count). The zero-order chi connectivity index (χ0) is 11.5. The maximum Gasteiger partial charge on any atom is 0.0424 e. The van der Waals surface area contributed by atoms with Gasteiger partial charge in [-0.1, -0.05) is 30.1 Å². The van der Waals surface area contributed by atoms with E-state index >= 15 is 0 Å². The molecule has 1 aliphatic carbocycles. The third-order valence-electron chi connectivity index (χ3n) is 3.21. The van der Waals surface area contributed by atoms with Crippen LogP contribution in [0.4, 0.5) is 0 Å². The smallest absolute Gasteiger partial charge is 0.0424 e. The Morgan fingerprint density at radius 1 is 1.19 bits per heavy atom. The summed E-state index contributed by atoms with van der Waals surface area (Å²) in [4.78, 5) is 0. The molecule has 1 saturated carbocycles. The maximum atomic E-state index is 5.96. The van der Waals surface area contributed by atoms with Crippen molar-refractivity contribution in [2.24, 2.45) is 5.92 Å². The molecule has 1 aromatic carbocycles. The molecule has 1 aliphatic rings. The molecule has 1 aromatic rings. The third-order valence-corrected chi connectivity index (χ3v) is 3.65. The van der Waals surface area contributed by atoms with E-state index in [0.717, 1.165) is 18.0 Å². The first kappa shape index (κ1) is 12.2.